The van der Waals surface area contributed by atoms with E-state index in [-0.39, 0.29) is 17.3 Å². The lowest BCUT2D eigenvalue weighted by Gasteiger charge is -2.12. The Morgan fingerprint density at radius 2 is 1.90 bits per heavy atom. The van der Waals surface area contributed by atoms with Crippen molar-refractivity contribution < 1.29 is 22.7 Å². The molecular weight excluding hydrogens is 413 g/mol. The maximum Gasteiger partial charge on any atom is 0.422 e. The molecule has 3 rings (SSSR count). The topological polar surface area (TPSA) is 102 Å². The molecule has 0 saturated carbocycles. The van der Waals surface area contributed by atoms with Gasteiger partial charge in [0.15, 0.2) is 6.61 Å². The molecular formula is C17H12ClF3N6O2. The highest BCUT2D eigenvalue weighted by Crippen LogP contribution is 2.23. The molecule has 0 spiro atoms. The number of alkyl halides is 3. The van der Waals surface area contributed by atoms with Gasteiger partial charge in [-0.25, -0.2) is 15.0 Å². The standard InChI is InChI=1S/C17H12ClF3N6O2/c18-10-1-3-11(4-2-10)25-16-23-6-5-12(27-16)14(28)26-13-7-22-9-24-15(13)29-8-17(19,20)21/h1-7,9H,8H2,(H,26,28)(H,23,25,27). The Kier molecular flexibility index (Phi) is 6.07. The number of hydrogen-bond donors (Lipinski definition) is 2. The highest BCUT2D eigenvalue weighted by atomic mass is 35.5. The highest BCUT2D eigenvalue weighted by Gasteiger charge is 2.29. The SMILES string of the molecule is O=C(Nc1cncnc1OCC(F)(F)F)c1ccnc(Nc2ccc(Cl)cc2)n1. The van der Waals surface area contributed by atoms with Crippen LogP contribution < -0.4 is 15.4 Å². The van der Waals surface area contributed by atoms with E-state index in [0.717, 1.165) is 12.5 Å². The second kappa shape index (κ2) is 8.69. The van der Waals surface area contributed by atoms with Gasteiger partial charge in [-0.1, -0.05) is 11.6 Å². The molecule has 0 aliphatic carbocycles. The number of carbonyl (C=O) groups excluding carboxylic acids is 1. The molecule has 0 fully saturated rings. The van der Waals surface area contributed by atoms with Gasteiger partial charge in [0.1, 0.15) is 17.7 Å². The summed E-state index contributed by atoms with van der Waals surface area (Å²) in [4.78, 5) is 27.8. The van der Waals surface area contributed by atoms with E-state index in [1.54, 1.807) is 24.3 Å². The van der Waals surface area contributed by atoms with Crippen molar-refractivity contribution in [2.45, 2.75) is 6.18 Å². The summed E-state index contributed by atoms with van der Waals surface area (Å²) in [5.74, 6) is -0.990. The molecule has 0 atom stereocenters. The first-order valence-electron chi connectivity index (χ1n) is 7.97. The lowest BCUT2D eigenvalue weighted by molar-refractivity contribution is -0.153. The molecule has 1 amide bonds. The zero-order valence-electron chi connectivity index (χ0n) is 14.4. The number of ether oxygens (including phenoxy) is 1. The number of rotatable bonds is 6. The minimum absolute atomic E-state index is 0.0397. The van der Waals surface area contributed by atoms with Crippen LogP contribution in [0.4, 0.5) is 30.5 Å². The molecule has 1 aromatic carbocycles. The van der Waals surface area contributed by atoms with Gasteiger partial charge in [0.05, 0.1) is 6.20 Å². The summed E-state index contributed by atoms with van der Waals surface area (Å²) >= 11 is 5.82. The molecule has 0 unspecified atom stereocenters. The van der Waals surface area contributed by atoms with Gasteiger partial charge in [0, 0.05) is 16.9 Å². The third kappa shape index (κ3) is 6.01. The number of amides is 1. The van der Waals surface area contributed by atoms with E-state index < -0.39 is 24.6 Å². The minimum atomic E-state index is -4.55. The third-order valence-corrected chi connectivity index (χ3v) is 3.54. The van der Waals surface area contributed by atoms with Crippen LogP contribution in [0.3, 0.4) is 0 Å². The Labute approximate surface area is 167 Å². The predicted molar refractivity (Wildman–Crippen MR) is 98.3 cm³/mol. The molecule has 2 heterocycles. The number of anilines is 3. The van der Waals surface area contributed by atoms with Gasteiger partial charge in [-0.2, -0.15) is 18.2 Å². The molecule has 0 aliphatic heterocycles. The van der Waals surface area contributed by atoms with Crippen molar-refractivity contribution in [3.63, 3.8) is 0 Å². The lowest BCUT2D eigenvalue weighted by Crippen LogP contribution is -2.21. The zero-order chi connectivity index (χ0) is 20.9. The van der Waals surface area contributed by atoms with Crippen molar-refractivity contribution in [1.82, 2.24) is 19.9 Å². The van der Waals surface area contributed by atoms with Crippen molar-refractivity contribution in [3.05, 3.63) is 59.8 Å². The maximum atomic E-state index is 12.4. The molecule has 8 nitrogen and oxygen atoms in total. The fraction of sp³-hybridized carbons (Fsp3) is 0.118. The van der Waals surface area contributed by atoms with Crippen LogP contribution in [-0.4, -0.2) is 38.6 Å². The molecule has 0 radical (unpaired) electrons. The van der Waals surface area contributed by atoms with Crippen molar-refractivity contribution in [3.8, 4) is 5.88 Å². The Hall–Kier alpha value is -3.47. The molecule has 0 aliphatic rings. The van der Waals surface area contributed by atoms with E-state index in [2.05, 4.69) is 35.3 Å². The van der Waals surface area contributed by atoms with Gasteiger partial charge < -0.3 is 15.4 Å². The van der Waals surface area contributed by atoms with Crippen LogP contribution in [0.15, 0.2) is 49.1 Å². The Morgan fingerprint density at radius 3 is 2.62 bits per heavy atom. The van der Waals surface area contributed by atoms with Crippen LogP contribution in [-0.2, 0) is 0 Å². The van der Waals surface area contributed by atoms with E-state index in [0.29, 0.717) is 10.7 Å². The van der Waals surface area contributed by atoms with Crippen molar-refractivity contribution in [1.29, 1.82) is 0 Å². The van der Waals surface area contributed by atoms with Crippen LogP contribution >= 0.6 is 11.6 Å². The molecule has 3 aromatic rings. The van der Waals surface area contributed by atoms with Gasteiger partial charge in [-0.3, -0.25) is 4.79 Å². The second-order valence-electron chi connectivity index (χ2n) is 5.50. The molecule has 0 saturated heterocycles. The summed E-state index contributed by atoms with van der Waals surface area (Å²) in [6.45, 7) is -1.56. The van der Waals surface area contributed by atoms with Gasteiger partial charge in [0.2, 0.25) is 11.8 Å². The Balaban J connectivity index is 1.72. The fourth-order valence-electron chi connectivity index (χ4n) is 2.06. The molecule has 29 heavy (non-hydrogen) atoms. The number of hydrogen-bond acceptors (Lipinski definition) is 7. The van der Waals surface area contributed by atoms with E-state index >= 15 is 0 Å². The summed E-state index contributed by atoms with van der Waals surface area (Å²) in [5.41, 5.74) is 0.473. The van der Waals surface area contributed by atoms with Crippen molar-refractivity contribution in [2.75, 3.05) is 17.2 Å². The zero-order valence-corrected chi connectivity index (χ0v) is 15.2. The van der Waals surface area contributed by atoms with Crippen LogP contribution in [0.1, 0.15) is 10.5 Å². The maximum absolute atomic E-state index is 12.4. The number of carbonyl (C=O) groups is 1. The average molecular weight is 425 g/mol. The summed E-state index contributed by atoms with van der Waals surface area (Å²) in [6.07, 6.45) is -1.09. The number of halogens is 4. The second-order valence-corrected chi connectivity index (χ2v) is 5.93. The first-order valence-corrected chi connectivity index (χ1v) is 8.34. The average Bonchev–Trinajstić information content (AvgIpc) is 2.69. The normalized spacial score (nSPS) is 11.0. The highest BCUT2D eigenvalue weighted by molar-refractivity contribution is 6.30. The van der Waals surface area contributed by atoms with E-state index in [4.69, 9.17) is 11.6 Å². The first kappa shape index (κ1) is 20.3. The van der Waals surface area contributed by atoms with E-state index in [1.165, 1.54) is 12.3 Å². The van der Waals surface area contributed by atoms with Crippen LogP contribution in [0.5, 0.6) is 5.88 Å². The van der Waals surface area contributed by atoms with Gasteiger partial charge >= 0.3 is 6.18 Å². The van der Waals surface area contributed by atoms with Gasteiger partial charge in [-0.05, 0) is 30.3 Å². The fourth-order valence-corrected chi connectivity index (χ4v) is 2.19. The molecule has 12 heteroatoms. The number of nitrogens with zero attached hydrogens (tertiary/aromatic N) is 4. The lowest BCUT2D eigenvalue weighted by atomic mass is 10.3. The molecule has 150 valence electrons. The monoisotopic (exact) mass is 424 g/mol. The van der Waals surface area contributed by atoms with Crippen LogP contribution in [0.25, 0.3) is 0 Å². The summed E-state index contributed by atoms with van der Waals surface area (Å²) in [6, 6.07) is 8.06. The van der Waals surface area contributed by atoms with E-state index in [1.807, 2.05) is 0 Å². The molecule has 2 N–H and O–H groups in total. The van der Waals surface area contributed by atoms with Crippen LogP contribution in [0.2, 0.25) is 5.02 Å². The quantitative estimate of drug-likeness (QED) is 0.619. The Bertz CT molecular complexity index is 1000. The van der Waals surface area contributed by atoms with Crippen molar-refractivity contribution in [2.24, 2.45) is 0 Å². The predicted octanol–water partition coefficient (Wildman–Crippen LogP) is 3.86. The van der Waals surface area contributed by atoms with Gasteiger partial charge in [-0.15, -0.1) is 0 Å². The van der Waals surface area contributed by atoms with Crippen molar-refractivity contribution >= 4 is 34.8 Å². The number of nitrogens with one attached hydrogen (secondary N) is 2. The summed E-state index contributed by atoms with van der Waals surface area (Å²) in [5, 5.41) is 5.83. The molecule has 0 bridgehead atoms. The van der Waals surface area contributed by atoms with Gasteiger partial charge in [0.25, 0.3) is 5.91 Å². The van der Waals surface area contributed by atoms with E-state index in [9.17, 15) is 18.0 Å². The largest absolute Gasteiger partial charge is 0.466 e. The smallest absolute Gasteiger partial charge is 0.422 e. The summed E-state index contributed by atoms with van der Waals surface area (Å²) in [7, 11) is 0. The Morgan fingerprint density at radius 1 is 1.14 bits per heavy atom. The molecule has 2 aromatic heterocycles. The number of benzene rings is 1. The van der Waals surface area contributed by atoms with Crippen LogP contribution in [0, 0.1) is 0 Å². The number of aromatic nitrogens is 4. The first-order chi connectivity index (χ1) is 13.8. The third-order valence-electron chi connectivity index (χ3n) is 3.29. The minimum Gasteiger partial charge on any atom is -0.466 e. The summed E-state index contributed by atoms with van der Waals surface area (Å²) < 4.78 is 41.7.